The molecule has 0 amide bonds. The van der Waals surface area contributed by atoms with Gasteiger partial charge >= 0.3 is 0 Å². The van der Waals surface area contributed by atoms with Crippen LogP contribution in [-0.2, 0) is 6.61 Å². The van der Waals surface area contributed by atoms with Gasteiger partial charge in [-0.15, -0.1) is 0 Å². The number of oxazole rings is 1. The summed E-state index contributed by atoms with van der Waals surface area (Å²) in [4.78, 5) is 4.56. The average Bonchev–Trinajstić information content (AvgIpc) is 3.07. The quantitative estimate of drug-likeness (QED) is 0.390. The van der Waals surface area contributed by atoms with Crippen molar-refractivity contribution in [1.82, 2.24) is 4.98 Å². The third-order valence-corrected chi connectivity index (χ3v) is 4.01. The fourth-order valence-electron chi connectivity index (χ4n) is 2.55. The molecule has 1 aromatic heterocycles. The molecule has 0 radical (unpaired) electrons. The number of benzene rings is 2. The van der Waals surface area contributed by atoms with Crippen LogP contribution < -0.4 is 20.1 Å². The Morgan fingerprint density at radius 1 is 1.07 bits per heavy atom. The molecule has 3 aromatic rings. The summed E-state index contributed by atoms with van der Waals surface area (Å²) in [6, 6.07) is 12.9. The van der Waals surface area contributed by atoms with Crippen LogP contribution in [0.3, 0.4) is 0 Å². The highest BCUT2D eigenvalue weighted by molar-refractivity contribution is 5.79. The van der Waals surface area contributed by atoms with Gasteiger partial charge in [0.25, 0.3) is 0 Å². The largest absolute Gasteiger partial charge is 0.497 e. The molecule has 0 unspecified atom stereocenters. The third-order valence-electron chi connectivity index (χ3n) is 4.01. The first-order valence-corrected chi connectivity index (χ1v) is 8.29. The van der Waals surface area contributed by atoms with Gasteiger partial charge < -0.3 is 24.5 Å². The van der Waals surface area contributed by atoms with E-state index in [1.807, 2.05) is 49.4 Å². The first kappa shape index (κ1) is 18.3. The fraction of sp³-hybridized carbons (Fsp3) is 0.200. The second-order valence-corrected chi connectivity index (χ2v) is 5.72. The van der Waals surface area contributed by atoms with Crippen molar-refractivity contribution in [3.63, 3.8) is 0 Å². The second kappa shape index (κ2) is 8.27. The Morgan fingerprint density at radius 2 is 1.81 bits per heavy atom. The van der Waals surface area contributed by atoms with E-state index in [0.717, 1.165) is 11.1 Å². The number of nitrogens with zero attached hydrogens (tertiary/aromatic N) is 2. The zero-order valence-corrected chi connectivity index (χ0v) is 15.4. The van der Waals surface area contributed by atoms with Crippen LogP contribution in [-0.4, -0.2) is 25.4 Å². The second-order valence-electron chi connectivity index (χ2n) is 5.72. The van der Waals surface area contributed by atoms with Gasteiger partial charge in [0.2, 0.25) is 5.89 Å². The molecule has 7 nitrogen and oxygen atoms in total. The molecular formula is C20H21N3O4. The van der Waals surface area contributed by atoms with Crippen LogP contribution in [0, 0.1) is 6.92 Å². The molecule has 0 aliphatic heterocycles. The van der Waals surface area contributed by atoms with Crippen molar-refractivity contribution in [1.29, 1.82) is 0 Å². The molecule has 0 atom stereocenters. The van der Waals surface area contributed by atoms with Gasteiger partial charge in [-0.25, -0.2) is 4.98 Å². The van der Waals surface area contributed by atoms with Crippen LogP contribution in [0.5, 0.6) is 17.2 Å². The number of rotatable bonds is 7. The highest BCUT2D eigenvalue weighted by Gasteiger charge is 2.16. The predicted molar refractivity (Wildman–Crippen MR) is 102 cm³/mol. The van der Waals surface area contributed by atoms with E-state index in [2.05, 4.69) is 10.1 Å². The molecule has 3 rings (SSSR count). The summed E-state index contributed by atoms with van der Waals surface area (Å²) in [5.74, 6) is 8.34. The zero-order chi connectivity index (χ0) is 19.2. The molecule has 27 heavy (non-hydrogen) atoms. The lowest BCUT2D eigenvalue weighted by Crippen LogP contribution is -1.98. The average molecular weight is 367 g/mol. The van der Waals surface area contributed by atoms with Crippen molar-refractivity contribution in [2.45, 2.75) is 13.5 Å². The molecule has 2 N–H and O–H groups in total. The van der Waals surface area contributed by atoms with Crippen molar-refractivity contribution in [3.05, 3.63) is 59.5 Å². The Kier molecular flexibility index (Phi) is 5.61. The van der Waals surface area contributed by atoms with E-state index < -0.39 is 0 Å². The van der Waals surface area contributed by atoms with E-state index in [4.69, 9.17) is 24.5 Å². The van der Waals surface area contributed by atoms with E-state index >= 15 is 0 Å². The molecule has 0 saturated heterocycles. The maximum Gasteiger partial charge on any atom is 0.230 e. The van der Waals surface area contributed by atoms with Gasteiger partial charge in [-0.2, -0.15) is 5.10 Å². The summed E-state index contributed by atoms with van der Waals surface area (Å²) in [6.45, 7) is 2.13. The van der Waals surface area contributed by atoms with Gasteiger partial charge in [-0.05, 0) is 55.0 Å². The van der Waals surface area contributed by atoms with E-state index in [9.17, 15) is 0 Å². The molecule has 0 bridgehead atoms. The fourth-order valence-corrected chi connectivity index (χ4v) is 2.55. The first-order chi connectivity index (χ1) is 13.1. The van der Waals surface area contributed by atoms with Crippen LogP contribution >= 0.6 is 0 Å². The molecule has 140 valence electrons. The molecule has 0 fully saturated rings. The van der Waals surface area contributed by atoms with Gasteiger partial charge in [0.1, 0.15) is 35.3 Å². The number of ether oxygens (including phenoxy) is 3. The number of nitrogens with two attached hydrogens (primary N) is 1. The molecular weight excluding hydrogens is 346 g/mol. The maximum atomic E-state index is 5.82. The van der Waals surface area contributed by atoms with E-state index in [0.29, 0.717) is 34.6 Å². The number of hydrazone groups is 1. The number of aryl methyl sites for hydroxylation is 1. The zero-order valence-electron chi connectivity index (χ0n) is 15.4. The summed E-state index contributed by atoms with van der Waals surface area (Å²) in [5, 5.41) is 3.49. The molecule has 0 saturated carbocycles. The summed E-state index contributed by atoms with van der Waals surface area (Å²) < 4.78 is 22.3. The van der Waals surface area contributed by atoms with Gasteiger partial charge in [-0.1, -0.05) is 0 Å². The smallest absolute Gasteiger partial charge is 0.230 e. The third kappa shape index (κ3) is 4.20. The molecule has 0 aliphatic rings. The van der Waals surface area contributed by atoms with E-state index in [1.165, 1.54) is 0 Å². The lowest BCUT2D eigenvalue weighted by Gasteiger charge is -2.07. The van der Waals surface area contributed by atoms with Gasteiger partial charge in [0.15, 0.2) is 0 Å². The lowest BCUT2D eigenvalue weighted by molar-refractivity contribution is 0.299. The Balaban J connectivity index is 1.78. The minimum atomic E-state index is 0.284. The Morgan fingerprint density at radius 3 is 2.48 bits per heavy atom. The summed E-state index contributed by atoms with van der Waals surface area (Å²) >= 11 is 0. The lowest BCUT2D eigenvalue weighted by atomic mass is 10.2. The van der Waals surface area contributed by atoms with Crippen molar-refractivity contribution >= 4 is 6.21 Å². The van der Waals surface area contributed by atoms with Crippen LogP contribution in [0.4, 0.5) is 0 Å². The van der Waals surface area contributed by atoms with Crippen LogP contribution in [0.2, 0.25) is 0 Å². The minimum absolute atomic E-state index is 0.284. The summed E-state index contributed by atoms with van der Waals surface area (Å²) in [5.41, 5.74) is 2.33. The predicted octanol–water partition coefficient (Wildman–Crippen LogP) is 3.54. The monoisotopic (exact) mass is 367 g/mol. The highest BCUT2D eigenvalue weighted by atomic mass is 16.5. The highest BCUT2D eigenvalue weighted by Crippen LogP contribution is 2.34. The molecule has 0 aliphatic carbocycles. The van der Waals surface area contributed by atoms with Gasteiger partial charge in [0, 0.05) is 0 Å². The summed E-state index contributed by atoms with van der Waals surface area (Å²) in [6.07, 6.45) is 1.57. The number of aromatic nitrogens is 1. The van der Waals surface area contributed by atoms with Gasteiger partial charge in [0.05, 0.1) is 26.0 Å². The maximum absolute atomic E-state index is 5.82. The Bertz CT molecular complexity index is 933. The number of methoxy groups -OCH3 is 2. The van der Waals surface area contributed by atoms with Crippen molar-refractivity contribution in [2.24, 2.45) is 10.9 Å². The normalized spacial score (nSPS) is 10.9. The van der Waals surface area contributed by atoms with Crippen molar-refractivity contribution < 1.29 is 18.6 Å². The number of hydrogen-bond acceptors (Lipinski definition) is 7. The Hall–Kier alpha value is -3.48. The van der Waals surface area contributed by atoms with Crippen molar-refractivity contribution in [3.8, 4) is 28.7 Å². The number of hydrogen-bond donors (Lipinski definition) is 1. The SMILES string of the molecule is COc1ccc(OC)c(-c2nc(COc3ccc(C=NN)cc3)c(C)o2)c1. The molecule has 0 spiro atoms. The standard InChI is InChI=1S/C20H21N3O4/c1-13-18(12-26-15-6-4-14(5-7-15)11-22-21)23-20(27-13)17-10-16(24-2)8-9-19(17)25-3/h4-11H,12,21H2,1-3H3. The van der Waals surface area contributed by atoms with Crippen LogP contribution in [0.15, 0.2) is 52.0 Å². The Labute approximate surface area is 157 Å². The minimum Gasteiger partial charge on any atom is -0.497 e. The summed E-state index contributed by atoms with van der Waals surface area (Å²) in [7, 11) is 3.21. The molecule has 1 heterocycles. The van der Waals surface area contributed by atoms with E-state index in [1.54, 1.807) is 20.4 Å². The first-order valence-electron chi connectivity index (χ1n) is 8.29. The molecule has 2 aromatic carbocycles. The van der Waals surface area contributed by atoms with Crippen molar-refractivity contribution in [2.75, 3.05) is 14.2 Å². The van der Waals surface area contributed by atoms with Crippen LogP contribution in [0.1, 0.15) is 17.0 Å². The topological polar surface area (TPSA) is 92.1 Å². The van der Waals surface area contributed by atoms with E-state index in [-0.39, 0.29) is 6.61 Å². The van der Waals surface area contributed by atoms with Gasteiger partial charge in [-0.3, -0.25) is 0 Å². The van der Waals surface area contributed by atoms with Crippen LogP contribution in [0.25, 0.3) is 11.5 Å². The molecule has 7 heteroatoms.